The number of nitrogens with one attached hydrogen (secondary N) is 1. The molecule has 0 spiro atoms. The summed E-state index contributed by atoms with van der Waals surface area (Å²) in [6.07, 6.45) is 56.1. The predicted molar refractivity (Wildman–Crippen MR) is 310 cm³/mol. The van der Waals surface area contributed by atoms with Gasteiger partial charge in [0.25, 0.3) is 0 Å². The molecule has 0 aromatic heterocycles. The Kier molecular flexibility index (Phi) is 48.0. The first-order valence-corrected chi connectivity index (χ1v) is 30.4. The maximum Gasteiger partial charge on any atom is 0.306 e. The molecule has 432 valence electrons. The van der Waals surface area contributed by atoms with E-state index in [4.69, 9.17) is 14.2 Å². The van der Waals surface area contributed by atoms with Gasteiger partial charge < -0.3 is 45.1 Å². The number of rotatable bonds is 50. The molecule has 11 heteroatoms. The van der Waals surface area contributed by atoms with Crippen LogP contribution in [0.4, 0.5) is 0 Å². The number of allylic oxidation sites excluding steroid dienone is 13. The minimum atomic E-state index is -1.63. The van der Waals surface area contributed by atoms with Crippen molar-refractivity contribution in [3.8, 4) is 0 Å². The second kappa shape index (κ2) is 51.6. The molecule has 1 fully saturated rings. The van der Waals surface area contributed by atoms with Crippen LogP contribution in [-0.2, 0) is 23.8 Å². The molecule has 0 aliphatic carbocycles. The third-order valence-electron chi connectivity index (χ3n) is 13.8. The van der Waals surface area contributed by atoms with Gasteiger partial charge in [0.15, 0.2) is 12.4 Å². The van der Waals surface area contributed by atoms with Crippen molar-refractivity contribution in [2.45, 2.75) is 294 Å². The fraction of sp³-hybridized carbons (Fsp3) is 0.750. The Labute approximate surface area is 457 Å². The van der Waals surface area contributed by atoms with Crippen LogP contribution in [-0.4, -0.2) is 99.6 Å². The monoisotopic (exact) mass is 1050 g/mol. The normalized spacial score (nSPS) is 19.8. The summed E-state index contributed by atoms with van der Waals surface area (Å²) in [6, 6.07) is -1.04. The van der Waals surface area contributed by atoms with E-state index in [-0.39, 0.29) is 19.4 Å². The molecule has 8 unspecified atom stereocenters. The van der Waals surface area contributed by atoms with Gasteiger partial charge in [0.05, 0.1) is 25.4 Å². The van der Waals surface area contributed by atoms with Crippen molar-refractivity contribution in [1.82, 2.24) is 5.32 Å². The molecule has 0 aromatic rings. The van der Waals surface area contributed by atoms with Gasteiger partial charge in [-0.25, -0.2) is 0 Å². The van der Waals surface area contributed by atoms with E-state index in [2.05, 4.69) is 99.0 Å². The van der Waals surface area contributed by atoms with Crippen LogP contribution < -0.4 is 5.32 Å². The summed E-state index contributed by atoms with van der Waals surface area (Å²) in [4.78, 5) is 26.5. The molecule has 0 saturated carbocycles. The van der Waals surface area contributed by atoms with E-state index in [9.17, 15) is 35.1 Å². The van der Waals surface area contributed by atoms with Crippen LogP contribution in [0.5, 0.6) is 0 Å². The van der Waals surface area contributed by atoms with E-state index in [1.807, 2.05) is 6.08 Å². The van der Waals surface area contributed by atoms with Gasteiger partial charge in [-0.3, -0.25) is 9.59 Å². The largest absolute Gasteiger partial charge is 0.454 e. The van der Waals surface area contributed by atoms with E-state index < -0.39 is 67.4 Å². The fourth-order valence-electron chi connectivity index (χ4n) is 8.90. The molecule has 0 aromatic carbocycles. The summed E-state index contributed by atoms with van der Waals surface area (Å²) < 4.78 is 17.6. The van der Waals surface area contributed by atoms with E-state index >= 15 is 0 Å². The summed E-state index contributed by atoms with van der Waals surface area (Å²) in [5.74, 6) is -1.23. The predicted octanol–water partition coefficient (Wildman–Crippen LogP) is 14.2. The van der Waals surface area contributed by atoms with Gasteiger partial charge >= 0.3 is 5.97 Å². The lowest BCUT2D eigenvalue weighted by Crippen LogP contribution is -2.61. The number of hydrogen-bond donors (Lipinski definition) is 6. The summed E-state index contributed by atoms with van der Waals surface area (Å²) in [5, 5.41) is 56.9. The number of amides is 1. The number of unbranched alkanes of at least 4 members (excludes halogenated alkanes) is 24. The quantitative estimate of drug-likeness (QED) is 0.0195. The minimum absolute atomic E-state index is 0.0927. The topological polar surface area (TPSA) is 175 Å². The van der Waals surface area contributed by atoms with Crippen molar-refractivity contribution < 1.29 is 49.3 Å². The van der Waals surface area contributed by atoms with Crippen LogP contribution >= 0.6 is 0 Å². The van der Waals surface area contributed by atoms with E-state index in [1.165, 1.54) is 83.5 Å². The van der Waals surface area contributed by atoms with Crippen LogP contribution in [0, 0.1) is 0 Å². The van der Waals surface area contributed by atoms with Crippen LogP contribution in [0.15, 0.2) is 85.1 Å². The highest BCUT2D eigenvalue weighted by Gasteiger charge is 2.47. The van der Waals surface area contributed by atoms with Gasteiger partial charge in [0.1, 0.15) is 24.4 Å². The summed E-state index contributed by atoms with van der Waals surface area (Å²) in [6.45, 7) is 5.69. The molecule has 75 heavy (non-hydrogen) atoms. The summed E-state index contributed by atoms with van der Waals surface area (Å²) in [7, 11) is 0. The summed E-state index contributed by atoms with van der Waals surface area (Å²) >= 11 is 0. The van der Waals surface area contributed by atoms with Crippen molar-refractivity contribution in [3.05, 3.63) is 85.1 Å². The lowest BCUT2D eigenvalue weighted by molar-refractivity contribution is -0.305. The smallest absolute Gasteiger partial charge is 0.306 e. The van der Waals surface area contributed by atoms with Gasteiger partial charge in [0.2, 0.25) is 5.91 Å². The molecule has 11 nitrogen and oxygen atoms in total. The van der Waals surface area contributed by atoms with E-state index in [1.54, 1.807) is 6.08 Å². The molecule has 1 aliphatic heterocycles. The average molecular weight is 1050 g/mol. The molecule has 0 radical (unpaired) electrons. The van der Waals surface area contributed by atoms with Crippen LogP contribution in [0.1, 0.15) is 245 Å². The molecule has 8 atom stereocenters. The number of hydrogen-bond acceptors (Lipinski definition) is 10. The first kappa shape index (κ1) is 69.9. The average Bonchev–Trinajstić information content (AvgIpc) is 3.41. The van der Waals surface area contributed by atoms with Crippen LogP contribution in [0.2, 0.25) is 0 Å². The molecule has 1 saturated heterocycles. The molecule has 6 N–H and O–H groups in total. The second-order valence-electron chi connectivity index (χ2n) is 20.7. The van der Waals surface area contributed by atoms with Gasteiger partial charge in [-0.05, 0) is 103 Å². The molecule has 1 heterocycles. The lowest BCUT2D eigenvalue weighted by Gasteiger charge is -2.41. The van der Waals surface area contributed by atoms with Crippen molar-refractivity contribution >= 4 is 11.9 Å². The van der Waals surface area contributed by atoms with E-state index in [0.717, 1.165) is 116 Å². The van der Waals surface area contributed by atoms with Crippen molar-refractivity contribution in [1.29, 1.82) is 0 Å². The van der Waals surface area contributed by atoms with Gasteiger partial charge in [0, 0.05) is 6.42 Å². The van der Waals surface area contributed by atoms with Gasteiger partial charge in [-0.2, -0.15) is 0 Å². The first-order chi connectivity index (χ1) is 36.7. The molecule has 1 amide bonds. The Morgan fingerprint density at radius 1 is 0.520 bits per heavy atom. The van der Waals surface area contributed by atoms with Crippen molar-refractivity contribution in [3.63, 3.8) is 0 Å². The Bertz CT molecular complexity index is 1540. The number of aliphatic hydroxyl groups excluding tert-OH is 5. The first-order valence-electron chi connectivity index (χ1n) is 30.4. The maximum absolute atomic E-state index is 13.4. The van der Waals surface area contributed by atoms with Crippen molar-refractivity contribution in [2.75, 3.05) is 13.2 Å². The second-order valence-corrected chi connectivity index (χ2v) is 20.7. The number of esters is 1. The minimum Gasteiger partial charge on any atom is -0.454 e. The van der Waals surface area contributed by atoms with Crippen molar-refractivity contribution in [2.24, 2.45) is 0 Å². The van der Waals surface area contributed by atoms with Gasteiger partial charge in [-0.15, -0.1) is 0 Å². The highest BCUT2D eigenvalue weighted by atomic mass is 16.7. The molecule has 1 rings (SSSR count). The fourth-order valence-corrected chi connectivity index (χ4v) is 8.90. The highest BCUT2D eigenvalue weighted by molar-refractivity contribution is 5.80. The van der Waals surface area contributed by atoms with Crippen LogP contribution in [0.3, 0.4) is 0 Å². The Hall–Kier alpha value is -3.16. The molecule has 0 bridgehead atoms. The number of ether oxygens (including phenoxy) is 3. The van der Waals surface area contributed by atoms with E-state index in [0.29, 0.717) is 12.8 Å². The molecule has 1 aliphatic rings. The Morgan fingerprint density at radius 3 is 1.40 bits per heavy atom. The number of carbonyl (C=O) groups excluding carboxylic acids is 2. The van der Waals surface area contributed by atoms with Crippen LogP contribution in [0.25, 0.3) is 0 Å². The zero-order chi connectivity index (χ0) is 54.7. The summed E-state index contributed by atoms with van der Waals surface area (Å²) in [5.41, 5.74) is 0. The highest BCUT2D eigenvalue weighted by Crippen LogP contribution is 2.26. The third-order valence-corrected chi connectivity index (χ3v) is 13.8. The zero-order valence-corrected chi connectivity index (χ0v) is 47.6. The molecular formula is C64H111NO10. The SMILES string of the molecule is CCCCC/C=C\C/C=C\C/C=C\CCCCCCCC(O)C(=O)NC(COC1OC(CO)C(O)C(O)C1OC(=O)CCCCCC/C=C\C/C=C\C/C=C\CCCCC)C(O)/C=C/CCCCCCCCCCC. The Morgan fingerprint density at radius 2 is 0.920 bits per heavy atom. The Balaban J connectivity index is 2.72. The lowest BCUT2D eigenvalue weighted by atomic mass is 9.99. The zero-order valence-electron chi connectivity index (χ0n) is 47.6. The number of carbonyl (C=O) groups is 2. The third kappa shape index (κ3) is 39.8. The maximum atomic E-state index is 13.4. The van der Waals surface area contributed by atoms with Gasteiger partial charge in [-0.1, -0.05) is 221 Å². The molecular weight excluding hydrogens is 943 g/mol. The number of aliphatic hydroxyl groups is 5. The standard InChI is InChI=1S/C64H111NO10/c1-4-7-10-13-16-19-22-24-26-28-30-31-33-36-39-42-45-48-51-57(68)63(72)65-55(56(67)50-47-44-41-38-35-21-18-15-12-9-6-3)54-73-64-62(61(71)60(70)58(53-66)74-64)75-59(69)52-49-46-43-40-37-34-32-29-27-25-23-20-17-14-11-8-5-2/h16-17,19-20,24-27,30-32,34,47,50,55-58,60-62,64,66-68,70-71H,4-15,18,21-23,28-29,33,35-46,48-49,51-54H2,1-3H3,(H,65,72)/b19-16-,20-17-,26-24-,27-25-,31-30-,34-32-,50-47+.